The van der Waals surface area contributed by atoms with Gasteiger partial charge in [-0.25, -0.2) is 9.59 Å². The molecule has 1 aromatic carbocycles. The zero-order valence-electron chi connectivity index (χ0n) is 17.8. The number of H-pyrrole nitrogens is 1. The van der Waals surface area contributed by atoms with Crippen molar-refractivity contribution in [3.63, 3.8) is 0 Å². The van der Waals surface area contributed by atoms with Gasteiger partial charge in [0, 0.05) is 36.9 Å². The molecule has 0 bridgehead atoms. The van der Waals surface area contributed by atoms with Crippen molar-refractivity contribution in [3.05, 3.63) is 29.5 Å². The average molecular weight is 389 g/mol. The molecular weight excluding hydrogens is 358 g/mol. The first-order valence-electron chi connectivity index (χ1n) is 9.63. The van der Waals surface area contributed by atoms with Crippen molar-refractivity contribution in [2.75, 3.05) is 25.0 Å². The summed E-state index contributed by atoms with van der Waals surface area (Å²) in [5, 5.41) is 10.3. The number of hydrogen-bond acceptors (Lipinski definition) is 4. The summed E-state index contributed by atoms with van der Waals surface area (Å²) in [5.74, 6) is -0.953. The number of aromatic carboxylic acids is 1. The lowest BCUT2D eigenvalue weighted by Gasteiger charge is -2.45. The Hall–Kier alpha value is -2.70. The zero-order chi connectivity index (χ0) is 21.2. The molecule has 0 spiro atoms. The number of carboxylic acids is 1. The van der Waals surface area contributed by atoms with E-state index in [1.54, 1.807) is 11.0 Å². The highest BCUT2D eigenvalue weighted by atomic mass is 16.6. The monoisotopic (exact) mass is 389 g/mol. The van der Waals surface area contributed by atoms with E-state index in [2.05, 4.69) is 9.88 Å². The lowest BCUT2D eigenvalue weighted by molar-refractivity contribution is 0.00852. The Bertz CT molecular complexity index is 860. The Morgan fingerprint density at radius 2 is 1.86 bits per heavy atom. The number of likely N-dealkylation sites (tertiary alicyclic amines) is 1. The first-order chi connectivity index (χ1) is 13.1. The second-order valence-corrected chi connectivity index (χ2v) is 7.83. The molecule has 2 N–H and O–H groups in total. The maximum Gasteiger partial charge on any atom is 0.410 e. The van der Waals surface area contributed by atoms with Crippen LogP contribution in [0, 0.1) is 6.92 Å². The minimum Gasteiger partial charge on any atom is -0.478 e. The third-order valence-corrected chi connectivity index (χ3v) is 4.58. The fourth-order valence-corrected chi connectivity index (χ4v) is 3.20. The van der Waals surface area contributed by atoms with Crippen LogP contribution < -0.4 is 4.90 Å². The molecule has 2 aromatic rings. The smallest absolute Gasteiger partial charge is 0.410 e. The van der Waals surface area contributed by atoms with Crippen LogP contribution >= 0.6 is 0 Å². The lowest BCUT2D eigenvalue weighted by Crippen LogP contribution is -2.61. The van der Waals surface area contributed by atoms with Gasteiger partial charge in [-0.2, -0.15) is 0 Å². The number of carboxylic acid groups (broad SMARTS) is 1. The van der Waals surface area contributed by atoms with E-state index in [0.29, 0.717) is 18.6 Å². The van der Waals surface area contributed by atoms with Gasteiger partial charge in [0.05, 0.1) is 17.1 Å². The van der Waals surface area contributed by atoms with Crippen LogP contribution in [-0.2, 0) is 4.74 Å². The van der Waals surface area contributed by atoms with Gasteiger partial charge in [0.25, 0.3) is 0 Å². The van der Waals surface area contributed by atoms with Gasteiger partial charge in [0.15, 0.2) is 0 Å². The van der Waals surface area contributed by atoms with Crippen LogP contribution in [0.5, 0.6) is 0 Å². The number of aromatic nitrogens is 1. The molecule has 0 aliphatic carbocycles. The number of nitrogens with one attached hydrogen (secondary N) is 1. The van der Waals surface area contributed by atoms with Crippen molar-refractivity contribution < 1.29 is 19.4 Å². The molecule has 7 nitrogen and oxygen atoms in total. The highest BCUT2D eigenvalue weighted by Gasteiger charge is 2.36. The van der Waals surface area contributed by atoms with Gasteiger partial charge >= 0.3 is 12.1 Å². The Morgan fingerprint density at radius 3 is 2.39 bits per heavy atom. The molecule has 7 heteroatoms. The first-order valence-corrected chi connectivity index (χ1v) is 9.63. The van der Waals surface area contributed by atoms with Gasteiger partial charge in [-0.3, -0.25) is 0 Å². The molecule has 28 heavy (non-hydrogen) atoms. The largest absolute Gasteiger partial charge is 0.478 e. The summed E-state index contributed by atoms with van der Waals surface area (Å²) in [5.41, 5.74) is 2.24. The van der Waals surface area contributed by atoms with Gasteiger partial charge in [-0.1, -0.05) is 13.8 Å². The summed E-state index contributed by atoms with van der Waals surface area (Å²) in [4.78, 5) is 30.5. The number of ether oxygens (including phenoxy) is 1. The van der Waals surface area contributed by atoms with E-state index >= 15 is 0 Å². The number of hydrogen-bond donors (Lipinski definition) is 2. The van der Waals surface area contributed by atoms with Gasteiger partial charge in [0.1, 0.15) is 5.60 Å². The van der Waals surface area contributed by atoms with Crippen molar-refractivity contribution in [1.29, 1.82) is 0 Å². The molecule has 0 saturated carbocycles. The van der Waals surface area contributed by atoms with E-state index < -0.39 is 11.6 Å². The molecule has 1 saturated heterocycles. The molecule has 1 aliphatic rings. The lowest BCUT2D eigenvalue weighted by atomic mass is 10.0. The first kappa shape index (κ1) is 21.6. The van der Waals surface area contributed by atoms with E-state index in [1.807, 2.05) is 60.7 Å². The highest BCUT2D eigenvalue weighted by Crippen LogP contribution is 2.32. The highest BCUT2D eigenvalue weighted by molar-refractivity contribution is 6.06. The van der Waals surface area contributed by atoms with Crippen molar-refractivity contribution >= 4 is 28.7 Å². The van der Waals surface area contributed by atoms with Crippen molar-refractivity contribution in [2.45, 2.75) is 53.2 Å². The van der Waals surface area contributed by atoms with Crippen molar-refractivity contribution in [2.24, 2.45) is 0 Å². The Balaban J connectivity index is 0.00000136. The van der Waals surface area contributed by atoms with Crippen LogP contribution in [0.15, 0.2) is 18.2 Å². The quantitative estimate of drug-likeness (QED) is 0.819. The Morgan fingerprint density at radius 1 is 1.25 bits per heavy atom. The molecule has 3 rings (SSSR count). The summed E-state index contributed by atoms with van der Waals surface area (Å²) in [6.45, 7) is 12.6. The SMILES string of the molecule is CC.Cc1cc2c(N(C)C3CN(C(=O)OC(C)(C)C)C3)ccc(C(=O)O)c2[nH]1. The van der Waals surface area contributed by atoms with E-state index in [9.17, 15) is 14.7 Å². The van der Waals surface area contributed by atoms with Crippen LogP contribution in [0.4, 0.5) is 10.5 Å². The molecular formula is C21H31N3O4. The van der Waals surface area contributed by atoms with Crippen molar-refractivity contribution in [3.8, 4) is 0 Å². The molecule has 1 aliphatic heterocycles. The topological polar surface area (TPSA) is 85.9 Å². The number of carbonyl (C=O) groups is 2. The summed E-state index contributed by atoms with van der Waals surface area (Å²) >= 11 is 0. The number of benzene rings is 1. The van der Waals surface area contributed by atoms with Gasteiger partial charge in [-0.15, -0.1) is 0 Å². The second kappa shape index (κ2) is 8.12. The van der Waals surface area contributed by atoms with Crippen LogP contribution in [-0.4, -0.2) is 58.8 Å². The number of rotatable bonds is 3. The van der Waals surface area contributed by atoms with E-state index in [4.69, 9.17) is 4.74 Å². The number of aryl methyl sites for hydroxylation is 1. The van der Waals surface area contributed by atoms with Gasteiger partial charge in [0.2, 0.25) is 0 Å². The van der Waals surface area contributed by atoms with E-state index in [1.165, 1.54) is 0 Å². The molecule has 2 heterocycles. The third kappa shape index (κ3) is 4.40. The number of aromatic amines is 1. The van der Waals surface area contributed by atoms with Gasteiger partial charge < -0.3 is 24.6 Å². The maximum absolute atomic E-state index is 12.1. The van der Waals surface area contributed by atoms with Crippen LogP contribution in [0.1, 0.15) is 50.7 Å². The summed E-state index contributed by atoms with van der Waals surface area (Å²) < 4.78 is 5.39. The van der Waals surface area contributed by atoms with Gasteiger partial charge in [-0.05, 0) is 45.9 Å². The molecule has 0 atom stereocenters. The standard InChI is InChI=1S/C19H25N3O4.C2H6/c1-11-8-14-15(7-6-13(17(23)24)16(14)20-11)21(5)12-9-22(10-12)18(25)26-19(2,3)4;1-2/h6-8,12,20H,9-10H2,1-5H3,(H,23,24);1-2H3. The molecule has 1 fully saturated rings. The predicted molar refractivity (Wildman–Crippen MR) is 111 cm³/mol. The van der Waals surface area contributed by atoms with Crippen LogP contribution in [0.3, 0.4) is 0 Å². The van der Waals surface area contributed by atoms with Crippen molar-refractivity contribution in [1.82, 2.24) is 9.88 Å². The number of amides is 1. The van der Waals surface area contributed by atoms with Crippen LogP contribution in [0.25, 0.3) is 10.9 Å². The molecule has 0 radical (unpaired) electrons. The Labute approximate surface area is 166 Å². The normalized spacial score (nSPS) is 14.2. The average Bonchev–Trinajstić information content (AvgIpc) is 2.93. The summed E-state index contributed by atoms with van der Waals surface area (Å²) in [6.07, 6.45) is -0.300. The Kier molecular flexibility index (Phi) is 6.27. The molecule has 0 unspecified atom stereocenters. The number of likely N-dealkylation sites (N-methyl/N-ethyl adjacent to an activating group) is 1. The summed E-state index contributed by atoms with van der Waals surface area (Å²) in [6, 6.07) is 5.57. The maximum atomic E-state index is 12.1. The number of fused-ring (bicyclic) bond motifs is 1. The summed E-state index contributed by atoms with van der Waals surface area (Å²) in [7, 11) is 1.97. The number of anilines is 1. The number of carbonyl (C=O) groups excluding carboxylic acids is 1. The second-order valence-electron chi connectivity index (χ2n) is 7.83. The predicted octanol–water partition coefficient (Wildman–Crippen LogP) is 4.26. The third-order valence-electron chi connectivity index (χ3n) is 4.58. The number of nitrogens with zero attached hydrogens (tertiary/aromatic N) is 2. The molecule has 1 amide bonds. The molecule has 1 aromatic heterocycles. The minimum absolute atomic E-state index is 0.164. The fraction of sp³-hybridized carbons (Fsp3) is 0.524. The molecule has 154 valence electrons. The zero-order valence-corrected chi connectivity index (χ0v) is 17.8. The van der Waals surface area contributed by atoms with E-state index in [-0.39, 0.29) is 17.7 Å². The fourth-order valence-electron chi connectivity index (χ4n) is 3.20. The van der Waals surface area contributed by atoms with E-state index in [0.717, 1.165) is 16.8 Å². The minimum atomic E-state index is -0.953. The van der Waals surface area contributed by atoms with Crippen LogP contribution in [0.2, 0.25) is 0 Å².